The van der Waals surface area contributed by atoms with Crippen molar-refractivity contribution in [3.05, 3.63) is 84.2 Å². The van der Waals surface area contributed by atoms with E-state index in [2.05, 4.69) is 4.98 Å². The van der Waals surface area contributed by atoms with Crippen molar-refractivity contribution in [3.8, 4) is 11.1 Å². The van der Waals surface area contributed by atoms with Crippen LogP contribution < -0.4 is 15.8 Å². The van der Waals surface area contributed by atoms with E-state index in [1.165, 1.54) is 21.9 Å². The number of urea groups is 1. The number of nitrogens with one attached hydrogen (secondary N) is 2. The Morgan fingerprint density at radius 3 is 2.18 bits per heavy atom. The molecule has 1 fully saturated rings. The zero-order valence-corrected chi connectivity index (χ0v) is 21.4. The summed E-state index contributed by atoms with van der Waals surface area (Å²) in [6.45, 7) is 0.266. The van der Waals surface area contributed by atoms with Gasteiger partial charge in [0.05, 0.1) is 18.1 Å². The molecule has 0 spiro atoms. The third kappa shape index (κ3) is 7.13. The number of aromatic nitrogens is 1. The first kappa shape index (κ1) is 27.6. The predicted molar refractivity (Wildman–Crippen MR) is 140 cm³/mol. The summed E-state index contributed by atoms with van der Waals surface area (Å²) in [6.07, 6.45) is 0.128. The number of benzene rings is 2. The van der Waals surface area contributed by atoms with E-state index in [-0.39, 0.29) is 42.7 Å². The highest BCUT2D eigenvalue weighted by Crippen LogP contribution is 2.25. The molecule has 2 N–H and O–H groups in total. The maximum absolute atomic E-state index is 13.5. The Kier molecular flexibility index (Phi) is 8.49. The zero-order valence-electron chi connectivity index (χ0n) is 20.6. The van der Waals surface area contributed by atoms with Gasteiger partial charge in [-0.1, -0.05) is 30.3 Å². The van der Waals surface area contributed by atoms with Crippen molar-refractivity contribution in [1.82, 2.24) is 20.7 Å². The number of alkyl halides is 2. The van der Waals surface area contributed by atoms with Crippen molar-refractivity contribution in [2.75, 3.05) is 29.5 Å². The lowest BCUT2D eigenvalue weighted by molar-refractivity contribution is -0.132. The molecule has 4 rings (SSSR count). The first-order chi connectivity index (χ1) is 18.6. The van der Waals surface area contributed by atoms with E-state index in [1.54, 1.807) is 42.1 Å². The summed E-state index contributed by atoms with van der Waals surface area (Å²) in [7, 11) is -3.19. The van der Waals surface area contributed by atoms with Crippen molar-refractivity contribution in [1.29, 1.82) is 0 Å². The molecule has 0 saturated carbocycles. The Labute approximate surface area is 223 Å². The highest BCUT2D eigenvalue weighted by Gasteiger charge is 2.29. The molecule has 0 bridgehead atoms. The van der Waals surface area contributed by atoms with E-state index >= 15 is 0 Å². The molecule has 0 unspecified atom stereocenters. The van der Waals surface area contributed by atoms with Crippen molar-refractivity contribution in [2.45, 2.75) is 13.0 Å². The number of anilines is 1. The molecule has 0 atom stereocenters. The number of nitrogens with zero attached hydrogens (tertiary/aromatic N) is 3. The van der Waals surface area contributed by atoms with E-state index in [0.29, 0.717) is 11.3 Å². The molecule has 2 heterocycles. The molecule has 1 saturated heterocycles. The first-order valence-corrected chi connectivity index (χ1v) is 13.7. The molecule has 0 aliphatic carbocycles. The van der Waals surface area contributed by atoms with Gasteiger partial charge >= 0.3 is 18.4 Å². The van der Waals surface area contributed by atoms with E-state index in [0.717, 1.165) is 11.1 Å². The first-order valence-electron chi connectivity index (χ1n) is 11.9. The van der Waals surface area contributed by atoms with Crippen LogP contribution in [0, 0.1) is 0 Å². The second-order valence-corrected chi connectivity index (χ2v) is 11.0. The Bertz CT molecular complexity index is 1420. The van der Waals surface area contributed by atoms with Crippen LogP contribution in [0.5, 0.6) is 0 Å². The predicted octanol–water partition coefficient (Wildman–Crippen LogP) is 2.63. The summed E-state index contributed by atoms with van der Waals surface area (Å²) in [5, 5.41) is 0. The minimum atomic E-state index is -3.27. The second-order valence-electron chi connectivity index (χ2n) is 8.74. The minimum absolute atomic E-state index is 0.0783. The van der Waals surface area contributed by atoms with Gasteiger partial charge in [-0.25, -0.2) is 13.2 Å². The number of sulfone groups is 1. The molecule has 2 aromatic carbocycles. The van der Waals surface area contributed by atoms with Crippen LogP contribution in [0.25, 0.3) is 11.1 Å². The molecule has 1 aliphatic rings. The summed E-state index contributed by atoms with van der Waals surface area (Å²) in [5.74, 6) is -2.64. The third-order valence-corrected chi connectivity index (χ3v) is 7.68. The summed E-state index contributed by atoms with van der Waals surface area (Å²) < 4.78 is 48.4. The highest BCUT2D eigenvalue weighted by molar-refractivity contribution is 7.91. The number of amides is 4. The van der Waals surface area contributed by atoms with Crippen LogP contribution in [0.2, 0.25) is 0 Å². The van der Waals surface area contributed by atoms with Crippen LogP contribution in [0.1, 0.15) is 15.9 Å². The molecule has 1 aliphatic heterocycles. The number of rotatable bonds is 6. The average Bonchev–Trinajstić information content (AvgIpc) is 2.95. The number of halogens is 2. The number of hydrogen-bond acceptors (Lipinski definition) is 6. The van der Waals surface area contributed by atoms with Crippen molar-refractivity contribution in [3.63, 3.8) is 0 Å². The standard InChI is InChI=1S/C26H25F2N5O5S/c27-23(28)25(35)31-30-24(34)20-5-3-18(4-6-20)17-33(26(36)32-12-14-39(37,38)15-13-32)22-9-7-19(8-10-22)21-2-1-11-29-16-21/h1-11,16,23H,12-15,17H2,(H,30,34)(H,31,35). The Hall–Kier alpha value is -4.39. The van der Waals surface area contributed by atoms with Crippen molar-refractivity contribution >= 4 is 33.4 Å². The summed E-state index contributed by atoms with van der Waals surface area (Å²) >= 11 is 0. The van der Waals surface area contributed by atoms with Gasteiger partial charge in [-0.15, -0.1) is 0 Å². The highest BCUT2D eigenvalue weighted by atomic mass is 32.2. The molecule has 3 aromatic rings. The molecule has 4 amide bonds. The topological polar surface area (TPSA) is 129 Å². The molecule has 13 heteroatoms. The second kappa shape index (κ2) is 12.0. The average molecular weight is 558 g/mol. The number of hydrogen-bond donors (Lipinski definition) is 2. The van der Waals surface area contributed by atoms with Crippen molar-refractivity contribution < 1.29 is 31.6 Å². The van der Waals surface area contributed by atoms with Crippen LogP contribution in [-0.4, -0.2) is 67.2 Å². The fraction of sp³-hybridized carbons (Fsp3) is 0.231. The lowest BCUT2D eigenvalue weighted by Gasteiger charge is -2.33. The van der Waals surface area contributed by atoms with Gasteiger partial charge in [0, 0.05) is 36.7 Å². The Morgan fingerprint density at radius 2 is 1.59 bits per heavy atom. The third-order valence-electron chi connectivity index (χ3n) is 6.07. The van der Waals surface area contributed by atoms with Crippen LogP contribution in [-0.2, 0) is 21.2 Å². The van der Waals surface area contributed by atoms with Gasteiger partial charge < -0.3 is 4.90 Å². The zero-order chi connectivity index (χ0) is 28.0. The normalized spacial score (nSPS) is 14.5. The van der Waals surface area contributed by atoms with Gasteiger partial charge in [-0.2, -0.15) is 8.78 Å². The van der Waals surface area contributed by atoms with E-state index in [1.807, 2.05) is 29.7 Å². The molecule has 204 valence electrons. The van der Waals surface area contributed by atoms with E-state index in [4.69, 9.17) is 0 Å². The smallest absolute Gasteiger partial charge is 0.322 e. The fourth-order valence-electron chi connectivity index (χ4n) is 3.90. The number of carbonyl (C=O) groups is 3. The molecule has 10 nitrogen and oxygen atoms in total. The Morgan fingerprint density at radius 1 is 0.923 bits per heavy atom. The van der Waals surface area contributed by atoms with Gasteiger partial charge in [0.25, 0.3) is 5.91 Å². The van der Waals surface area contributed by atoms with Gasteiger partial charge in [0.2, 0.25) is 0 Å². The quantitative estimate of drug-likeness (QED) is 0.449. The van der Waals surface area contributed by atoms with Gasteiger partial charge in [-0.3, -0.25) is 30.3 Å². The monoisotopic (exact) mass is 557 g/mol. The minimum Gasteiger partial charge on any atom is -0.322 e. The molecular weight excluding hydrogens is 532 g/mol. The fourth-order valence-corrected chi connectivity index (χ4v) is 5.10. The molecule has 1 aromatic heterocycles. The summed E-state index contributed by atoms with van der Waals surface area (Å²) in [6, 6.07) is 16.7. The largest absolute Gasteiger partial charge is 0.324 e. The van der Waals surface area contributed by atoms with Crippen LogP contribution in [0.4, 0.5) is 19.3 Å². The lowest BCUT2D eigenvalue weighted by atomic mass is 10.1. The van der Waals surface area contributed by atoms with Gasteiger partial charge in [-0.05, 0) is 47.0 Å². The number of carbonyl (C=O) groups excluding carboxylic acids is 3. The summed E-state index contributed by atoms with van der Waals surface area (Å²) in [5.41, 5.74) is 6.68. The number of hydrazine groups is 1. The van der Waals surface area contributed by atoms with Gasteiger partial charge in [0.15, 0.2) is 9.84 Å². The van der Waals surface area contributed by atoms with E-state index < -0.39 is 28.1 Å². The number of pyridine rings is 1. The molecular formula is C26H25F2N5O5S. The van der Waals surface area contributed by atoms with E-state index in [9.17, 15) is 31.6 Å². The van der Waals surface area contributed by atoms with Crippen LogP contribution in [0.3, 0.4) is 0 Å². The van der Waals surface area contributed by atoms with Crippen LogP contribution in [0.15, 0.2) is 73.1 Å². The SMILES string of the molecule is O=C(NNC(=O)C(F)F)c1ccc(CN(C(=O)N2CCS(=O)(=O)CC2)c2ccc(-c3cccnc3)cc2)cc1. The summed E-state index contributed by atoms with van der Waals surface area (Å²) in [4.78, 5) is 43.8. The molecule has 39 heavy (non-hydrogen) atoms. The maximum Gasteiger partial charge on any atom is 0.324 e. The maximum atomic E-state index is 13.5. The van der Waals surface area contributed by atoms with Gasteiger partial charge in [0.1, 0.15) is 0 Å². The lowest BCUT2D eigenvalue weighted by Crippen LogP contribution is -2.49. The van der Waals surface area contributed by atoms with Crippen LogP contribution >= 0.6 is 0 Å². The molecule has 0 radical (unpaired) electrons. The van der Waals surface area contributed by atoms with Crippen molar-refractivity contribution in [2.24, 2.45) is 0 Å². The Balaban J connectivity index is 1.53.